The van der Waals surface area contributed by atoms with E-state index in [1.165, 1.54) is 26.0 Å². The maximum absolute atomic E-state index is 14.0. The van der Waals surface area contributed by atoms with Gasteiger partial charge in [-0.1, -0.05) is 32.0 Å². The molecule has 0 bridgehead atoms. The Kier molecular flexibility index (Phi) is 8.08. The number of rotatable bonds is 7. The van der Waals surface area contributed by atoms with Crippen molar-refractivity contribution in [3.8, 4) is 16.9 Å². The number of hydrogen-bond donors (Lipinski definition) is 1. The maximum atomic E-state index is 14.0. The molecule has 2 aromatic carbocycles. The second kappa shape index (κ2) is 10.8. The van der Waals surface area contributed by atoms with Crippen molar-refractivity contribution in [2.45, 2.75) is 59.5 Å². The average Bonchev–Trinajstić information content (AvgIpc) is 2.75. The number of nitrogens with one attached hydrogen (secondary N) is 1. The first-order valence-corrected chi connectivity index (χ1v) is 11.3. The lowest BCUT2D eigenvalue weighted by Gasteiger charge is -2.42. The Hall–Kier alpha value is -2.93. The summed E-state index contributed by atoms with van der Waals surface area (Å²) in [7, 11) is 0. The third-order valence-electron chi connectivity index (χ3n) is 6.24. The summed E-state index contributed by atoms with van der Waals surface area (Å²) in [5.74, 6) is -0.0804. The van der Waals surface area contributed by atoms with Gasteiger partial charge in [-0.3, -0.25) is 9.59 Å². The van der Waals surface area contributed by atoms with Gasteiger partial charge < -0.3 is 19.5 Å². The molecular formula is C26H32FNO5. The third kappa shape index (κ3) is 6.32. The molecule has 0 spiro atoms. The summed E-state index contributed by atoms with van der Waals surface area (Å²) in [5.41, 5.74) is 2.44. The topological polar surface area (TPSA) is 73.9 Å². The lowest BCUT2D eigenvalue weighted by molar-refractivity contribution is -0.242. The fraction of sp³-hybridized carbons (Fsp3) is 0.462. The molecule has 1 heterocycles. The summed E-state index contributed by atoms with van der Waals surface area (Å²) in [4.78, 5) is 23.0. The van der Waals surface area contributed by atoms with Gasteiger partial charge in [0, 0.05) is 26.3 Å². The molecule has 5 atom stereocenters. The molecule has 2 aromatic rings. The van der Waals surface area contributed by atoms with Gasteiger partial charge in [0.1, 0.15) is 11.6 Å². The van der Waals surface area contributed by atoms with Crippen molar-refractivity contribution >= 4 is 11.9 Å². The van der Waals surface area contributed by atoms with Crippen molar-refractivity contribution in [1.29, 1.82) is 0 Å². The first kappa shape index (κ1) is 24.7. The largest absolute Gasteiger partial charge is 0.461 e. The molecule has 1 fully saturated rings. The highest BCUT2D eigenvalue weighted by molar-refractivity contribution is 5.73. The van der Waals surface area contributed by atoms with Gasteiger partial charge in [0.25, 0.3) is 0 Å². The molecule has 0 aromatic heterocycles. The first-order chi connectivity index (χ1) is 15.7. The van der Waals surface area contributed by atoms with Crippen LogP contribution in [0, 0.1) is 17.7 Å². The standard InChI is InChI=1S/C26H32FNO5/c1-15-16(2)25(32-19(5)30)26(31-17(15)3)33-23-10-9-20(11-12-28-18(4)29)24(14-23)21-7-6-8-22(27)13-21/h6-10,13-17,25-26H,11-12H2,1-5H3,(H,28,29)/t15-,16+,17-,25-,26?/m1/s1. The minimum Gasteiger partial charge on any atom is -0.461 e. The molecule has 7 heteroatoms. The monoisotopic (exact) mass is 457 g/mol. The molecule has 0 radical (unpaired) electrons. The van der Waals surface area contributed by atoms with Crippen LogP contribution in [0.5, 0.6) is 5.75 Å². The van der Waals surface area contributed by atoms with Gasteiger partial charge in [-0.15, -0.1) is 0 Å². The number of hydrogen-bond acceptors (Lipinski definition) is 5. The Morgan fingerprint density at radius 1 is 1.06 bits per heavy atom. The lowest BCUT2D eigenvalue weighted by atomic mass is 9.84. The van der Waals surface area contributed by atoms with Crippen LogP contribution < -0.4 is 10.1 Å². The van der Waals surface area contributed by atoms with Crippen LogP contribution in [0.25, 0.3) is 11.1 Å². The second-order valence-corrected chi connectivity index (χ2v) is 8.68. The van der Waals surface area contributed by atoms with E-state index in [1.807, 2.05) is 38.1 Å². The Balaban J connectivity index is 1.91. The van der Waals surface area contributed by atoms with E-state index in [9.17, 15) is 14.0 Å². The lowest BCUT2D eigenvalue weighted by Crippen LogP contribution is -2.52. The smallest absolute Gasteiger partial charge is 0.303 e. The maximum Gasteiger partial charge on any atom is 0.303 e. The SMILES string of the molecule is CC(=O)NCCc1ccc(OC2O[C@H](C)[C@H](C)[C@H](C)[C@H]2OC(C)=O)cc1-c1cccc(F)c1. The van der Waals surface area contributed by atoms with Gasteiger partial charge in [-0.2, -0.15) is 0 Å². The Labute approximate surface area is 194 Å². The van der Waals surface area contributed by atoms with Crippen LogP contribution in [0.4, 0.5) is 4.39 Å². The molecule has 1 aliphatic heterocycles. The van der Waals surface area contributed by atoms with Crippen LogP contribution in [-0.4, -0.2) is 36.9 Å². The molecule has 6 nitrogen and oxygen atoms in total. The van der Waals surface area contributed by atoms with Gasteiger partial charge >= 0.3 is 5.97 Å². The van der Waals surface area contributed by atoms with E-state index in [-0.39, 0.29) is 35.6 Å². The van der Waals surface area contributed by atoms with Gasteiger partial charge in [-0.25, -0.2) is 4.39 Å². The van der Waals surface area contributed by atoms with E-state index >= 15 is 0 Å². The van der Waals surface area contributed by atoms with Crippen molar-refractivity contribution < 1.29 is 28.2 Å². The normalized spacial score (nSPS) is 24.7. The van der Waals surface area contributed by atoms with E-state index < -0.39 is 12.4 Å². The van der Waals surface area contributed by atoms with E-state index in [2.05, 4.69) is 12.2 Å². The molecule has 1 N–H and O–H groups in total. The van der Waals surface area contributed by atoms with Gasteiger partial charge in [-0.05, 0) is 60.2 Å². The molecule has 178 valence electrons. The predicted molar refractivity (Wildman–Crippen MR) is 123 cm³/mol. The van der Waals surface area contributed by atoms with Crippen molar-refractivity contribution in [2.75, 3.05) is 6.54 Å². The predicted octanol–water partition coefficient (Wildman–Crippen LogP) is 4.50. The third-order valence-corrected chi connectivity index (χ3v) is 6.24. The van der Waals surface area contributed by atoms with E-state index in [0.717, 1.165) is 11.1 Å². The van der Waals surface area contributed by atoms with Crippen LogP contribution >= 0.6 is 0 Å². The number of halogens is 1. The minimum absolute atomic E-state index is 0.0438. The van der Waals surface area contributed by atoms with Crippen LogP contribution in [0.1, 0.15) is 40.2 Å². The molecule has 1 aliphatic rings. The number of carbonyl (C=O) groups excluding carboxylic acids is 2. The van der Waals surface area contributed by atoms with Gasteiger partial charge in [0.05, 0.1) is 6.10 Å². The Bertz CT molecular complexity index is 994. The fourth-order valence-electron chi connectivity index (χ4n) is 4.12. The van der Waals surface area contributed by atoms with Crippen LogP contribution in [-0.2, 0) is 25.5 Å². The zero-order valence-electron chi connectivity index (χ0n) is 19.8. The summed E-state index contributed by atoms with van der Waals surface area (Å²) in [6.07, 6.45) is -0.810. The summed E-state index contributed by atoms with van der Waals surface area (Å²) in [6, 6.07) is 11.9. The highest BCUT2D eigenvalue weighted by Gasteiger charge is 2.43. The molecule has 0 saturated carbocycles. The van der Waals surface area contributed by atoms with Crippen molar-refractivity contribution in [3.63, 3.8) is 0 Å². The zero-order chi connectivity index (χ0) is 24.1. The summed E-state index contributed by atoms with van der Waals surface area (Å²) >= 11 is 0. The molecule has 3 rings (SSSR count). The van der Waals surface area contributed by atoms with Crippen molar-refractivity contribution in [2.24, 2.45) is 11.8 Å². The zero-order valence-corrected chi connectivity index (χ0v) is 19.8. The number of benzene rings is 2. The average molecular weight is 458 g/mol. The van der Waals surface area contributed by atoms with Crippen LogP contribution in [0.3, 0.4) is 0 Å². The van der Waals surface area contributed by atoms with Crippen molar-refractivity contribution in [3.05, 3.63) is 53.8 Å². The molecule has 1 unspecified atom stereocenters. The van der Waals surface area contributed by atoms with Gasteiger partial charge in [0.2, 0.25) is 12.2 Å². The van der Waals surface area contributed by atoms with Gasteiger partial charge in [0.15, 0.2) is 6.10 Å². The van der Waals surface area contributed by atoms with Crippen LogP contribution in [0.15, 0.2) is 42.5 Å². The molecule has 1 amide bonds. The molecular weight excluding hydrogens is 425 g/mol. The first-order valence-electron chi connectivity index (χ1n) is 11.3. The second-order valence-electron chi connectivity index (χ2n) is 8.68. The van der Waals surface area contributed by atoms with Crippen LogP contribution in [0.2, 0.25) is 0 Å². The summed E-state index contributed by atoms with van der Waals surface area (Å²) in [5, 5.41) is 2.79. The highest BCUT2D eigenvalue weighted by atomic mass is 19.1. The van der Waals surface area contributed by atoms with E-state index in [4.69, 9.17) is 14.2 Å². The molecule has 0 aliphatic carbocycles. The van der Waals surface area contributed by atoms with Crippen molar-refractivity contribution in [1.82, 2.24) is 5.32 Å². The number of carbonyl (C=O) groups is 2. The molecule has 1 saturated heterocycles. The Morgan fingerprint density at radius 3 is 2.48 bits per heavy atom. The number of ether oxygens (including phenoxy) is 3. The Morgan fingerprint density at radius 2 is 1.82 bits per heavy atom. The fourth-order valence-corrected chi connectivity index (χ4v) is 4.12. The summed E-state index contributed by atoms with van der Waals surface area (Å²) in [6.45, 7) is 9.37. The highest BCUT2D eigenvalue weighted by Crippen LogP contribution is 2.35. The quantitative estimate of drug-likeness (QED) is 0.620. The minimum atomic E-state index is -0.763. The number of esters is 1. The number of amides is 1. The summed E-state index contributed by atoms with van der Waals surface area (Å²) < 4.78 is 31.8. The molecule has 33 heavy (non-hydrogen) atoms. The van der Waals surface area contributed by atoms with E-state index in [0.29, 0.717) is 24.3 Å². The van der Waals surface area contributed by atoms with E-state index in [1.54, 1.807) is 6.07 Å².